The Balaban J connectivity index is 2.23. The summed E-state index contributed by atoms with van der Waals surface area (Å²) in [5.74, 6) is 0.776. The van der Waals surface area contributed by atoms with Gasteiger partial charge >= 0.3 is 0 Å². The minimum Gasteiger partial charge on any atom is -0.472 e. The second kappa shape index (κ2) is 5.09. The van der Waals surface area contributed by atoms with Gasteiger partial charge in [-0.25, -0.2) is 0 Å². The molecule has 6 heteroatoms. The summed E-state index contributed by atoms with van der Waals surface area (Å²) in [5.41, 5.74) is 0.906. The molecule has 2 heterocycles. The Kier molecular flexibility index (Phi) is 3.53. The molecule has 0 unspecified atom stereocenters. The third-order valence-electron chi connectivity index (χ3n) is 2.20. The number of ether oxygens (including phenoxy) is 1. The van der Waals surface area contributed by atoms with Crippen LogP contribution in [0.5, 0.6) is 0 Å². The van der Waals surface area contributed by atoms with Gasteiger partial charge in [-0.3, -0.25) is 9.67 Å². The highest BCUT2D eigenvalue weighted by molar-refractivity contribution is 7.71. The Hall–Kier alpha value is -1.40. The molecular formula is C10H13N3O2S. The van der Waals surface area contributed by atoms with Crippen molar-refractivity contribution >= 4 is 12.2 Å². The zero-order valence-electron chi connectivity index (χ0n) is 8.97. The highest BCUT2D eigenvalue weighted by Gasteiger charge is 2.09. The third-order valence-corrected chi connectivity index (χ3v) is 2.51. The summed E-state index contributed by atoms with van der Waals surface area (Å²) < 4.78 is 12.8. The van der Waals surface area contributed by atoms with E-state index in [0.29, 0.717) is 24.5 Å². The molecule has 5 nitrogen and oxygen atoms in total. The summed E-state index contributed by atoms with van der Waals surface area (Å²) in [7, 11) is 0. The summed E-state index contributed by atoms with van der Waals surface area (Å²) in [6, 6.07) is 1.85. The van der Waals surface area contributed by atoms with Crippen LogP contribution in [0, 0.1) is 4.77 Å². The van der Waals surface area contributed by atoms with Gasteiger partial charge in [0.15, 0.2) is 10.6 Å². The van der Waals surface area contributed by atoms with Gasteiger partial charge in [0.25, 0.3) is 0 Å². The monoisotopic (exact) mass is 239 g/mol. The fourth-order valence-corrected chi connectivity index (χ4v) is 1.66. The van der Waals surface area contributed by atoms with Crippen LogP contribution in [-0.2, 0) is 11.3 Å². The first-order valence-electron chi connectivity index (χ1n) is 5.08. The Morgan fingerprint density at radius 3 is 3.19 bits per heavy atom. The molecule has 0 aliphatic carbocycles. The van der Waals surface area contributed by atoms with Crippen molar-refractivity contribution in [3.63, 3.8) is 0 Å². The lowest BCUT2D eigenvalue weighted by Gasteiger charge is -2.04. The van der Waals surface area contributed by atoms with Gasteiger partial charge in [-0.1, -0.05) is 0 Å². The molecule has 0 atom stereocenters. The first kappa shape index (κ1) is 11.1. The summed E-state index contributed by atoms with van der Waals surface area (Å²) in [6.07, 6.45) is 3.25. The van der Waals surface area contributed by atoms with E-state index in [2.05, 4.69) is 10.2 Å². The fourth-order valence-electron chi connectivity index (χ4n) is 1.44. The maximum absolute atomic E-state index is 5.30. The minimum atomic E-state index is 0.593. The van der Waals surface area contributed by atoms with Crippen LogP contribution in [0.25, 0.3) is 11.4 Å². The van der Waals surface area contributed by atoms with Crippen LogP contribution in [0.15, 0.2) is 23.0 Å². The van der Waals surface area contributed by atoms with Crippen molar-refractivity contribution in [2.24, 2.45) is 0 Å². The van der Waals surface area contributed by atoms with Crippen molar-refractivity contribution < 1.29 is 9.15 Å². The average molecular weight is 239 g/mol. The van der Waals surface area contributed by atoms with Gasteiger partial charge in [-0.15, -0.1) is 0 Å². The standard InChI is InChI=1S/C10H13N3O2S/c1-2-14-6-4-13-9(11-12-10(13)16)8-3-5-15-7-8/h3,5,7H,2,4,6H2,1H3,(H,12,16). The number of aromatic nitrogens is 3. The van der Waals surface area contributed by atoms with Crippen molar-refractivity contribution in [1.29, 1.82) is 0 Å². The van der Waals surface area contributed by atoms with E-state index in [1.165, 1.54) is 0 Å². The maximum atomic E-state index is 5.30. The Labute approximate surface area is 98.0 Å². The minimum absolute atomic E-state index is 0.593. The molecule has 2 aromatic rings. The molecule has 86 valence electrons. The number of nitrogens with one attached hydrogen (secondary N) is 1. The normalized spacial score (nSPS) is 10.8. The van der Waals surface area contributed by atoms with Gasteiger partial charge in [0.05, 0.1) is 25.0 Å². The van der Waals surface area contributed by atoms with Crippen molar-refractivity contribution in [2.75, 3.05) is 13.2 Å². The zero-order chi connectivity index (χ0) is 11.4. The van der Waals surface area contributed by atoms with Crippen LogP contribution in [0.1, 0.15) is 6.92 Å². The van der Waals surface area contributed by atoms with Crippen molar-refractivity contribution in [3.8, 4) is 11.4 Å². The molecule has 2 aromatic heterocycles. The number of H-pyrrole nitrogens is 1. The van der Waals surface area contributed by atoms with Crippen molar-refractivity contribution in [3.05, 3.63) is 23.4 Å². The molecule has 16 heavy (non-hydrogen) atoms. The number of hydrogen-bond acceptors (Lipinski definition) is 4. The lowest BCUT2D eigenvalue weighted by atomic mass is 10.3. The molecular weight excluding hydrogens is 226 g/mol. The van der Waals surface area contributed by atoms with Gasteiger partial charge in [0, 0.05) is 6.61 Å². The molecule has 0 spiro atoms. The van der Waals surface area contributed by atoms with Gasteiger partial charge in [0.2, 0.25) is 0 Å². The van der Waals surface area contributed by atoms with E-state index in [4.69, 9.17) is 21.4 Å². The van der Waals surface area contributed by atoms with E-state index in [1.54, 1.807) is 12.5 Å². The first-order valence-corrected chi connectivity index (χ1v) is 5.49. The van der Waals surface area contributed by atoms with Crippen LogP contribution in [0.2, 0.25) is 0 Å². The highest BCUT2D eigenvalue weighted by Crippen LogP contribution is 2.17. The summed E-state index contributed by atoms with van der Waals surface area (Å²) in [6.45, 7) is 3.97. The van der Waals surface area contributed by atoms with Crippen LogP contribution in [-0.4, -0.2) is 28.0 Å². The predicted molar refractivity (Wildman–Crippen MR) is 61.6 cm³/mol. The Morgan fingerprint density at radius 1 is 1.62 bits per heavy atom. The van der Waals surface area contributed by atoms with E-state index in [1.807, 2.05) is 17.6 Å². The summed E-state index contributed by atoms with van der Waals surface area (Å²) in [4.78, 5) is 0. The van der Waals surface area contributed by atoms with E-state index in [-0.39, 0.29) is 0 Å². The van der Waals surface area contributed by atoms with E-state index < -0.39 is 0 Å². The van der Waals surface area contributed by atoms with Gasteiger partial charge in [-0.05, 0) is 25.2 Å². The lowest BCUT2D eigenvalue weighted by Crippen LogP contribution is -2.07. The second-order valence-corrected chi connectivity index (χ2v) is 3.60. The zero-order valence-corrected chi connectivity index (χ0v) is 9.79. The second-order valence-electron chi connectivity index (χ2n) is 3.21. The Bertz CT molecular complexity index is 486. The van der Waals surface area contributed by atoms with Crippen LogP contribution < -0.4 is 0 Å². The smallest absolute Gasteiger partial charge is 0.195 e. The van der Waals surface area contributed by atoms with Gasteiger partial charge < -0.3 is 9.15 Å². The number of nitrogens with zero attached hydrogens (tertiary/aromatic N) is 2. The van der Waals surface area contributed by atoms with Crippen LogP contribution in [0.3, 0.4) is 0 Å². The largest absolute Gasteiger partial charge is 0.472 e. The number of furan rings is 1. The third kappa shape index (κ3) is 2.23. The molecule has 0 saturated heterocycles. The SMILES string of the molecule is CCOCCn1c(-c2ccoc2)n[nH]c1=S. The van der Waals surface area contributed by atoms with Crippen LogP contribution in [0.4, 0.5) is 0 Å². The molecule has 1 N–H and O–H groups in total. The van der Waals surface area contributed by atoms with Gasteiger partial charge in [0.1, 0.15) is 6.26 Å². The van der Waals surface area contributed by atoms with Crippen LogP contribution >= 0.6 is 12.2 Å². The summed E-state index contributed by atoms with van der Waals surface area (Å²) >= 11 is 5.16. The molecule has 2 rings (SSSR count). The van der Waals surface area contributed by atoms with E-state index >= 15 is 0 Å². The average Bonchev–Trinajstić information content (AvgIpc) is 2.89. The van der Waals surface area contributed by atoms with Crippen molar-refractivity contribution in [2.45, 2.75) is 13.5 Å². The summed E-state index contributed by atoms with van der Waals surface area (Å²) in [5, 5.41) is 6.94. The van der Waals surface area contributed by atoms with E-state index in [0.717, 1.165) is 11.4 Å². The topological polar surface area (TPSA) is 56.0 Å². The number of rotatable bonds is 5. The molecule has 0 bridgehead atoms. The molecule has 0 saturated carbocycles. The lowest BCUT2D eigenvalue weighted by molar-refractivity contribution is 0.139. The number of hydrogen-bond donors (Lipinski definition) is 1. The quantitative estimate of drug-likeness (QED) is 0.642. The van der Waals surface area contributed by atoms with Crippen molar-refractivity contribution in [1.82, 2.24) is 14.8 Å². The molecule has 0 aliphatic heterocycles. The molecule has 0 fully saturated rings. The van der Waals surface area contributed by atoms with E-state index in [9.17, 15) is 0 Å². The maximum Gasteiger partial charge on any atom is 0.195 e. The highest BCUT2D eigenvalue weighted by atomic mass is 32.1. The molecule has 0 radical (unpaired) electrons. The number of aromatic amines is 1. The molecule has 0 amide bonds. The molecule has 0 aliphatic rings. The molecule has 0 aromatic carbocycles. The van der Waals surface area contributed by atoms with Gasteiger partial charge in [-0.2, -0.15) is 5.10 Å². The fraction of sp³-hybridized carbons (Fsp3) is 0.400. The predicted octanol–water partition coefficient (Wildman–Crippen LogP) is 2.24. The first-order chi connectivity index (χ1) is 7.83. The Morgan fingerprint density at radius 2 is 2.50 bits per heavy atom.